The summed E-state index contributed by atoms with van der Waals surface area (Å²) < 4.78 is 25.5. The summed E-state index contributed by atoms with van der Waals surface area (Å²) in [5.74, 6) is 0.650. The van der Waals surface area contributed by atoms with Crippen LogP contribution in [0.2, 0.25) is 0 Å². The third-order valence-corrected chi connectivity index (χ3v) is 4.68. The maximum Gasteiger partial charge on any atom is 0.255 e. The molecule has 0 fully saturated rings. The topological polar surface area (TPSA) is 59.6 Å². The maximum atomic E-state index is 14.7. The van der Waals surface area contributed by atoms with Crippen molar-refractivity contribution in [3.05, 3.63) is 58.4 Å². The highest BCUT2D eigenvalue weighted by Crippen LogP contribution is 2.31. The van der Waals surface area contributed by atoms with Gasteiger partial charge in [-0.3, -0.25) is 4.79 Å². The van der Waals surface area contributed by atoms with Crippen LogP contribution in [0, 0.1) is 5.82 Å². The lowest BCUT2D eigenvalue weighted by atomic mass is 9.99. The molecule has 0 bridgehead atoms. The van der Waals surface area contributed by atoms with E-state index in [9.17, 15) is 9.18 Å². The fourth-order valence-electron chi connectivity index (χ4n) is 3.25. The molecule has 0 spiro atoms. The standard InChI is InChI=1S/C20H19FN2O3/c1-25-15-3-5-18-13(9-15)8-14(11-26-18)20(24)23-17-4-2-12-10-22-7-6-16(12)19(17)21/h2-5,8-9,22H,6-7,10-11H2,1H3,(H,23,24). The Morgan fingerprint density at radius 1 is 1.31 bits per heavy atom. The highest BCUT2D eigenvalue weighted by molar-refractivity contribution is 6.07. The van der Waals surface area contributed by atoms with Gasteiger partial charge in [-0.25, -0.2) is 4.39 Å². The number of carbonyl (C=O) groups excluding carboxylic acids is 1. The fourth-order valence-corrected chi connectivity index (χ4v) is 3.25. The molecule has 4 rings (SSSR count). The van der Waals surface area contributed by atoms with Crippen molar-refractivity contribution in [1.82, 2.24) is 5.32 Å². The van der Waals surface area contributed by atoms with Crippen molar-refractivity contribution in [1.29, 1.82) is 0 Å². The molecule has 2 aromatic carbocycles. The van der Waals surface area contributed by atoms with E-state index in [4.69, 9.17) is 9.47 Å². The zero-order chi connectivity index (χ0) is 18.1. The van der Waals surface area contributed by atoms with Crippen LogP contribution in [0.3, 0.4) is 0 Å². The predicted molar refractivity (Wildman–Crippen MR) is 96.9 cm³/mol. The first-order valence-corrected chi connectivity index (χ1v) is 8.49. The van der Waals surface area contributed by atoms with Gasteiger partial charge in [0.1, 0.15) is 23.9 Å². The van der Waals surface area contributed by atoms with Crippen molar-refractivity contribution in [2.45, 2.75) is 13.0 Å². The Hall–Kier alpha value is -2.86. The molecule has 2 aliphatic heterocycles. The van der Waals surface area contributed by atoms with Crippen molar-refractivity contribution in [2.75, 3.05) is 25.6 Å². The van der Waals surface area contributed by atoms with E-state index in [1.807, 2.05) is 6.07 Å². The number of hydrogen-bond donors (Lipinski definition) is 2. The van der Waals surface area contributed by atoms with Gasteiger partial charge < -0.3 is 20.1 Å². The molecule has 134 valence electrons. The molecular weight excluding hydrogens is 335 g/mol. The Labute approximate surface area is 150 Å². The van der Waals surface area contributed by atoms with Crippen LogP contribution in [0.4, 0.5) is 10.1 Å². The molecule has 2 aromatic rings. The summed E-state index contributed by atoms with van der Waals surface area (Å²) in [6, 6.07) is 8.87. The molecule has 2 aliphatic rings. The number of carbonyl (C=O) groups is 1. The second-order valence-electron chi connectivity index (χ2n) is 6.31. The SMILES string of the molecule is COc1ccc2c(c1)C=C(C(=O)Nc1ccc3c(c1F)CCNC3)CO2. The normalized spacial score (nSPS) is 15.2. The first-order valence-electron chi connectivity index (χ1n) is 8.49. The van der Waals surface area contributed by atoms with Crippen molar-refractivity contribution in [2.24, 2.45) is 0 Å². The van der Waals surface area contributed by atoms with Crippen molar-refractivity contribution < 1.29 is 18.7 Å². The minimum atomic E-state index is -0.369. The Morgan fingerprint density at radius 3 is 3.04 bits per heavy atom. The zero-order valence-corrected chi connectivity index (χ0v) is 14.4. The minimum absolute atomic E-state index is 0.141. The van der Waals surface area contributed by atoms with Gasteiger partial charge in [-0.15, -0.1) is 0 Å². The van der Waals surface area contributed by atoms with Gasteiger partial charge in [-0.05, 0) is 54.4 Å². The van der Waals surface area contributed by atoms with Crippen molar-refractivity contribution >= 4 is 17.7 Å². The van der Waals surface area contributed by atoms with Crippen LogP contribution < -0.4 is 20.1 Å². The van der Waals surface area contributed by atoms with Crippen LogP contribution in [-0.4, -0.2) is 26.2 Å². The van der Waals surface area contributed by atoms with E-state index in [0.717, 1.165) is 17.7 Å². The molecule has 0 saturated carbocycles. The molecule has 2 heterocycles. The average Bonchev–Trinajstić information content (AvgIpc) is 2.69. The lowest BCUT2D eigenvalue weighted by molar-refractivity contribution is -0.113. The van der Waals surface area contributed by atoms with E-state index in [0.29, 0.717) is 35.6 Å². The third kappa shape index (κ3) is 3.04. The lowest BCUT2D eigenvalue weighted by Crippen LogP contribution is -2.26. The number of fused-ring (bicyclic) bond motifs is 2. The number of methoxy groups -OCH3 is 1. The Balaban J connectivity index is 1.58. The summed E-state index contributed by atoms with van der Waals surface area (Å²) in [6.07, 6.45) is 2.36. The number of amides is 1. The number of anilines is 1. The summed E-state index contributed by atoms with van der Waals surface area (Å²) in [4.78, 5) is 12.6. The molecule has 5 nitrogen and oxygen atoms in total. The van der Waals surface area contributed by atoms with Crippen molar-refractivity contribution in [3.8, 4) is 11.5 Å². The quantitative estimate of drug-likeness (QED) is 0.890. The first kappa shape index (κ1) is 16.6. The Kier molecular flexibility index (Phi) is 4.34. The fraction of sp³-hybridized carbons (Fsp3) is 0.250. The molecular formula is C20H19FN2O3. The maximum absolute atomic E-state index is 14.7. The highest BCUT2D eigenvalue weighted by Gasteiger charge is 2.21. The first-order chi connectivity index (χ1) is 12.7. The summed E-state index contributed by atoms with van der Waals surface area (Å²) >= 11 is 0. The minimum Gasteiger partial charge on any atom is -0.497 e. The number of nitrogens with one attached hydrogen (secondary N) is 2. The van der Waals surface area contributed by atoms with E-state index in [2.05, 4.69) is 10.6 Å². The molecule has 0 radical (unpaired) electrons. The molecule has 26 heavy (non-hydrogen) atoms. The van der Waals surface area contributed by atoms with Gasteiger partial charge in [0.25, 0.3) is 5.91 Å². The predicted octanol–water partition coefficient (Wildman–Crippen LogP) is 2.89. The Bertz CT molecular complexity index is 908. The third-order valence-electron chi connectivity index (χ3n) is 4.68. The molecule has 0 aliphatic carbocycles. The highest BCUT2D eigenvalue weighted by atomic mass is 19.1. The monoisotopic (exact) mass is 354 g/mol. The summed E-state index contributed by atoms with van der Waals surface area (Å²) in [6.45, 7) is 1.53. The summed E-state index contributed by atoms with van der Waals surface area (Å²) in [7, 11) is 1.58. The van der Waals surface area contributed by atoms with E-state index < -0.39 is 0 Å². The van der Waals surface area contributed by atoms with E-state index in [1.165, 1.54) is 0 Å². The second kappa shape index (κ2) is 6.80. The van der Waals surface area contributed by atoms with Gasteiger partial charge in [-0.2, -0.15) is 0 Å². The van der Waals surface area contributed by atoms with Crippen LogP contribution in [0.25, 0.3) is 6.08 Å². The molecule has 1 amide bonds. The Morgan fingerprint density at radius 2 is 2.19 bits per heavy atom. The molecule has 2 N–H and O–H groups in total. The van der Waals surface area contributed by atoms with Gasteiger partial charge in [0.2, 0.25) is 0 Å². The number of halogens is 1. The van der Waals surface area contributed by atoms with Gasteiger partial charge in [0, 0.05) is 12.1 Å². The van der Waals surface area contributed by atoms with Gasteiger partial charge in [0.05, 0.1) is 18.4 Å². The van der Waals surface area contributed by atoms with Crippen LogP contribution in [0.15, 0.2) is 35.9 Å². The van der Waals surface area contributed by atoms with Gasteiger partial charge in [0.15, 0.2) is 0 Å². The number of rotatable bonds is 3. The van der Waals surface area contributed by atoms with E-state index >= 15 is 0 Å². The number of hydrogen-bond acceptors (Lipinski definition) is 4. The van der Waals surface area contributed by atoms with E-state index in [1.54, 1.807) is 37.5 Å². The zero-order valence-electron chi connectivity index (χ0n) is 14.4. The average molecular weight is 354 g/mol. The number of ether oxygens (including phenoxy) is 2. The van der Waals surface area contributed by atoms with Crippen LogP contribution in [0.1, 0.15) is 16.7 Å². The van der Waals surface area contributed by atoms with Gasteiger partial charge in [-0.1, -0.05) is 6.07 Å². The summed E-state index contributed by atoms with van der Waals surface area (Å²) in [5.41, 5.74) is 3.01. The molecule has 0 saturated heterocycles. The largest absolute Gasteiger partial charge is 0.497 e. The molecule has 0 aromatic heterocycles. The second-order valence-corrected chi connectivity index (χ2v) is 6.31. The molecule has 0 unspecified atom stereocenters. The van der Waals surface area contributed by atoms with Crippen LogP contribution in [-0.2, 0) is 17.8 Å². The molecule has 6 heteroatoms. The van der Waals surface area contributed by atoms with Crippen LogP contribution in [0.5, 0.6) is 11.5 Å². The van der Waals surface area contributed by atoms with Crippen LogP contribution >= 0.6 is 0 Å². The lowest BCUT2D eigenvalue weighted by Gasteiger charge is -2.21. The van der Waals surface area contributed by atoms with E-state index in [-0.39, 0.29) is 24.0 Å². The molecule has 0 atom stereocenters. The van der Waals surface area contributed by atoms with Crippen molar-refractivity contribution in [3.63, 3.8) is 0 Å². The smallest absolute Gasteiger partial charge is 0.255 e. The van der Waals surface area contributed by atoms with Gasteiger partial charge >= 0.3 is 0 Å². The number of benzene rings is 2. The summed E-state index contributed by atoms with van der Waals surface area (Å²) in [5, 5.41) is 5.88.